The zero-order valence-electron chi connectivity index (χ0n) is 12.2. The summed E-state index contributed by atoms with van der Waals surface area (Å²) in [5.41, 5.74) is 2.56. The van der Waals surface area contributed by atoms with Gasteiger partial charge in [-0.25, -0.2) is 0 Å². The molecular weight excluding hydrogens is 274 g/mol. The summed E-state index contributed by atoms with van der Waals surface area (Å²) < 4.78 is 5.08. The number of ketones is 1. The van der Waals surface area contributed by atoms with Gasteiger partial charge in [0.25, 0.3) is 0 Å². The second-order valence-electron chi connectivity index (χ2n) is 4.88. The number of fused-ring (bicyclic) bond motifs is 1. The number of methoxy groups -OCH3 is 1. The van der Waals surface area contributed by atoms with Crippen molar-refractivity contribution < 1.29 is 9.53 Å². The van der Waals surface area contributed by atoms with Gasteiger partial charge in [-0.05, 0) is 54.1 Å². The number of hydrogen-bond acceptors (Lipinski definition) is 3. The van der Waals surface area contributed by atoms with Crippen molar-refractivity contribution in [2.24, 2.45) is 0 Å². The quantitative estimate of drug-likeness (QED) is 0.535. The van der Waals surface area contributed by atoms with Crippen LogP contribution in [-0.2, 0) is 0 Å². The minimum atomic E-state index is -0.0334. The van der Waals surface area contributed by atoms with Crippen LogP contribution in [0.25, 0.3) is 17.0 Å². The summed E-state index contributed by atoms with van der Waals surface area (Å²) in [6, 6.07) is 16.9. The van der Waals surface area contributed by atoms with Gasteiger partial charge in [0.2, 0.25) is 0 Å². The lowest BCUT2D eigenvalue weighted by molar-refractivity contribution is 0.104. The van der Waals surface area contributed by atoms with Gasteiger partial charge in [-0.3, -0.25) is 9.78 Å². The number of aromatic nitrogens is 1. The molecule has 1 heterocycles. The Bertz CT molecular complexity index is 835. The van der Waals surface area contributed by atoms with Crippen molar-refractivity contribution in [1.29, 1.82) is 0 Å². The summed E-state index contributed by atoms with van der Waals surface area (Å²) in [4.78, 5) is 16.4. The fourth-order valence-electron chi connectivity index (χ4n) is 2.22. The van der Waals surface area contributed by atoms with E-state index in [0.29, 0.717) is 5.56 Å². The van der Waals surface area contributed by atoms with Crippen LogP contribution in [0.15, 0.2) is 66.9 Å². The van der Waals surface area contributed by atoms with Crippen LogP contribution < -0.4 is 4.74 Å². The van der Waals surface area contributed by atoms with E-state index in [4.69, 9.17) is 4.74 Å². The van der Waals surface area contributed by atoms with Crippen LogP contribution in [0.2, 0.25) is 0 Å². The molecule has 0 aliphatic heterocycles. The summed E-state index contributed by atoms with van der Waals surface area (Å²) in [5.74, 6) is 0.705. The molecule has 0 aliphatic carbocycles. The van der Waals surface area contributed by atoms with E-state index < -0.39 is 0 Å². The Morgan fingerprint density at radius 3 is 2.68 bits per heavy atom. The van der Waals surface area contributed by atoms with E-state index in [1.807, 2.05) is 36.4 Å². The Morgan fingerprint density at radius 1 is 1.09 bits per heavy atom. The second-order valence-corrected chi connectivity index (χ2v) is 4.88. The molecule has 2 aromatic carbocycles. The highest BCUT2D eigenvalue weighted by Gasteiger charge is 2.02. The number of benzene rings is 2. The van der Waals surface area contributed by atoms with Gasteiger partial charge in [0, 0.05) is 17.1 Å². The van der Waals surface area contributed by atoms with E-state index in [1.54, 1.807) is 43.6 Å². The number of nitrogens with zero attached hydrogens (tertiary/aromatic N) is 1. The summed E-state index contributed by atoms with van der Waals surface area (Å²) >= 11 is 0. The van der Waals surface area contributed by atoms with Crippen molar-refractivity contribution in [3.05, 3.63) is 78.0 Å². The van der Waals surface area contributed by atoms with Gasteiger partial charge < -0.3 is 4.74 Å². The van der Waals surface area contributed by atoms with Gasteiger partial charge in [-0.1, -0.05) is 18.2 Å². The molecule has 22 heavy (non-hydrogen) atoms. The Kier molecular flexibility index (Phi) is 3.97. The van der Waals surface area contributed by atoms with Crippen molar-refractivity contribution in [2.45, 2.75) is 0 Å². The zero-order chi connectivity index (χ0) is 15.4. The van der Waals surface area contributed by atoms with Crippen LogP contribution in [0.4, 0.5) is 0 Å². The number of hydrogen-bond donors (Lipinski definition) is 0. The van der Waals surface area contributed by atoms with Crippen LogP contribution in [0.5, 0.6) is 5.75 Å². The molecule has 0 atom stereocenters. The number of pyridine rings is 1. The molecule has 0 aliphatic rings. The lowest BCUT2D eigenvalue weighted by Crippen LogP contribution is -1.94. The fraction of sp³-hybridized carbons (Fsp3) is 0.0526. The zero-order valence-corrected chi connectivity index (χ0v) is 12.2. The summed E-state index contributed by atoms with van der Waals surface area (Å²) in [7, 11) is 1.60. The molecule has 3 rings (SSSR count). The Morgan fingerprint density at radius 2 is 1.91 bits per heavy atom. The Hall–Kier alpha value is -2.94. The lowest BCUT2D eigenvalue weighted by atomic mass is 10.1. The van der Waals surface area contributed by atoms with Gasteiger partial charge in [-0.2, -0.15) is 0 Å². The highest BCUT2D eigenvalue weighted by molar-refractivity contribution is 6.07. The fourth-order valence-corrected chi connectivity index (χ4v) is 2.22. The molecule has 1 aromatic heterocycles. The molecule has 0 unspecified atom stereocenters. The molecule has 0 spiro atoms. The minimum absolute atomic E-state index is 0.0334. The molecule has 0 amide bonds. The normalized spacial score (nSPS) is 11.0. The average Bonchev–Trinajstić information content (AvgIpc) is 2.59. The van der Waals surface area contributed by atoms with Crippen LogP contribution >= 0.6 is 0 Å². The molecule has 0 N–H and O–H groups in total. The number of allylic oxidation sites excluding steroid dienone is 1. The van der Waals surface area contributed by atoms with Crippen LogP contribution in [0.3, 0.4) is 0 Å². The van der Waals surface area contributed by atoms with E-state index in [1.165, 1.54) is 0 Å². The van der Waals surface area contributed by atoms with E-state index in [0.717, 1.165) is 22.2 Å². The molecule has 0 bridgehead atoms. The summed E-state index contributed by atoms with van der Waals surface area (Å²) in [6.45, 7) is 0. The van der Waals surface area contributed by atoms with E-state index in [2.05, 4.69) is 4.98 Å². The predicted octanol–water partition coefficient (Wildman–Crippen LogP) is 4.14. The molecule has 0 fully saturated rings. The van der Waals surface area contributed by atoms with Crippen LogP contribution in [0.1, 0.15) is 15.9 Å². The van der Waals surface area contributed by atoms with E-state index in [-0.39, 0.29) is 5.78 Å². The molecule has 3 heteroatoms. The number of rotatable bonds is 4. The average molecular weight is 289 g/mol. The third-order valence-electron chi connectivity index (χ3n) is 3.43. The molecule has 0 radical (unpaired) electrons. The van der Waals surface area contributed by atoms with Gasteiger partial charge >= 0.3 is 0 Å². The number of carbonyl (C=O) groups excluding carboxylic acids is 1. The molecule has 0 saturated carbocycles. The van der Waals surface area contributed by atoms with E-state index in [9.17, 15) is 4.79 Å². The van der Waals surface area contributed by atoms with Gasteiger partial charge in [0.05, 0.1) is 12.6 Å². The monoisotopic (exact) mass is 289 g/mol. The van der Waals surface area contributed by atoms with Crippen LogP contribution in [0, 0.1) is 0 Å². The smallest absolute Gasteiger partial charge is 0.185 e. The predicted molar refractivity (Wildman–Crippen MR) is 88.1 cm³/mol. The van der Waals surface area contributed by atoms with Gasteiger partial charge in [-0.15, -0.1) is 0 Å². The first-order valence-electron chi connectivity index (χ1n) is 6.97. The van der Waals surface area contributed by atoms with Crippen molar-refractivity contribution >= 4 is 22.8 Å². The largest absolute Gasteiger partial charge is 0.497 e. The lowest BCUT2D eigenvalue weighted by Gasteiger charge is -2.00. The summed E-state index contributed by atoms with van der Waals surface area (Å²) in [6.07, 6.45) is 5.17. The highest BCUT2D eigenvalue weighted by atomic mass is 16.5. The highest BCUT2D eigenvalue weighted by Crippen LogP contribution is 2.16. The molecule has 0 saturated heterocycles. The topological polar surface area (TPSA) is 39.2 Å². The van der Waals surface area contributed by atoms with Gasteiger partial charge in [0.15, 0.2) is 5.78 Å². The first kappa shape index (κ1) is 14.0. The summed E-state index contributed by atoms with van der Waals surface area (Å²) in [5, 5.41) is 1.06. The Labute approximate surface area is 128 Å². The second kappa shape index (κ2) is 6.22. The van der Waals surface area contributed by atoms with Crippen LogP contribution in [-0.4, -0.2) is 17.9 Å². The first-order valence-corrected chi connectivity index (χ1v) is 6.97. The van der Waals surface area contributed by atoms with Crippen molar-refractivity contribution in [3.63, 3.8) is 0 Å². The molecule has 3 nitrogen and oxygen atoms in total. The maximum atomic E-state index is 12.1. The Balaban J connectivity index is 1.80. The maximum Gasteiger partial charge on any atom is 0.185 e. The number of ether oxygens (including phenoxy) is 1. The third kappa shape index (κ3) is 3.04. The first-order chi connectivity index (χ1) is 10.8. The molecular formula is C19H15NO2. The molecule has 3 aromatic rings. The van der Waals surface area contributed by atoms with E-state index >= 15 is 0 Å². The SMILES string of the molecule is COc1ccc(C(=O)/C=C/c2ccc3ncccc3c2)cc1. The van der Waals surface area contributed by atoms with Crippen molar-refractivity contribution in [2.75, 3.05) is 7.11 Å². The molecule has 108 valence electrons. The number of carbonyl (C=O) groups is 1. The third-order valence-corrected chi connectivity index (χ3v) is 3.43. The standard InChI is InChI=1S/C19H15NO2/c1-22-17-8-6-15(7-9-17)19(21)11-5-14-4-10-18-16(13-14)3-2-12-20-18/h2-13H,1H3/b11-5+. The van der Waals surface area contributed by atoms with Crippen molar-refractivity contribution in [3.8, 4) is 5.75 Å². The van der Waals surface area contributed by atoms with Gasteiger partial charge in [0.1, 0.15) is 5.75 Å². The van der Waals surface area contributed by atoms with Crippen molar-refractivity contribution in [1.82, 2.24) is 4.98 Å². The maximum absolute atomic E-state index is 12.1. The minimum Gasteiger partial charge on any atom is -0.497 e.